The maximum absolute atomic E-state index is 4.72. The highest BCUT2D eigenvalue weighted by molar-refractivity contribution is 7.09. The molecule has 4 aromatic rings. The van der Waals surface area contributed by atoms with E-state index in [2.05, 4.69) is 32.5 Å². The Morgan fingerprint density at radius 2 is 1.92 bits per heavy atom. The van der Waals surface area contributed by atoms with Crippen molar-refractivity contribution >= 4 is 33.9 Å². The van der Waals surface area contributed by atoms with Crippen LogP contribution < -0.4 is 5.32 Å². The molecule has 126 valence electrons. The van der Waals surface area contributed by atoms with Gasteiger partial charge in [0.2, 0.25) is 0 Å². The zero-order valence-corrected chi connectivity index (χ0v) is 15.3. The maximum Gasteiger partial charge on any atom is 0.158 e. The minimum Gasteiger partial charge on any atom is -0.322 e. The van der Waals surface area contributed by atoms with Crippen LogP contribution in [0.1, 0.15) is 16.4 Å². The van der Waals surface area contributed by atoms with E-state index >= 15 is 0 Å². The van der Waals surface area contributed by atoms with Gasteiger partial charge in [-0.05, 0) is 32.9 Å². The first kappa shape index (κ1) is 15.7. The number of thiazole rings is 1. The third-order valence-electron chi connectivity index (χ3n) is 4.02. The summed E-state index contributed by atoms with van der Waals surface area (Å²) in [5, 5.41) is 11.8. The summed E-state index contributed by atoms with van der Waals surface area (Å²) in [6.07, 6.45) is 1.87. The number of hydrogen-bond donors (Lipinski definition) is 1. The van der Waals surface area contributed by atoms with Crippen molar-refractivity contribution in [2.75, 3.05) is 5.32 Å². The Kier molecular flexibility index (Phi) is 3.73. The van der Waals surface area contributed by atoms with Crippen LogP contribution in [0.4, 0.5) is 11.6 Å². The summed E-state index contributed by atoms with van der Waals surface area (Å²) >= 11 is 1.60. The lowest BCUT2D eigenvalue weighted by Crippen LogP contribution is -2.00. The summed E-state index contributed by atoms with van der Waals surface area (Å²) < 4.78 is 1.88. The van der Waals surface area contributed by atoms with Gasteiger partial charge in [0, 0.05) is 35.3 Å². The molecule has 6 nitrogen and oxygen atoms in total. The van der Waals surface area contributed by atoms with Crippen LogP contribution in [0.25, 0.3) is 22.2 Å². The summed E-state index contributed by atoms with van der Waals surface area (Å²) in [6, 6.07) is 6.17. The van der Waals surface area contributed by atoms with Crippen LogP contribution >= 0.6 is 11.3 Å². The fourth-order valence-corrected chi connectivity index (χ4v) is 3.46. The van der Waals surface area contributed by atoms with E-state index in [1.54, 1.807) is 11.3 Å². The number of nitrogens with zero attached hydrogens (tertiary/aromatic N) is 5. The monoisotopic (exact) mass is 350 g/mol. The second-order valence-electron chi connectivity index (χ2n) is 6.04. The molecule has 4 aromatic heterocycles. The van der Waals surface area contributed by atoms with E-state index in [0.29, 0.717) is 5.82 Å². The van der Waals surface area contributed by atoms with Crippen molar-refractivity contribution in [2.24, 2.45) is 7.05 Å². The highest BCUT2D eigenvalue weighted by Gasteiger charge is 2.14. The fraction of sp³-hybridized carbons (Fsp3) is 0.222. The number of hydrogen-bond acceptors (Lipinski definition) is 6. The number of aryl methyl sites for hydroxylation is 4. The number of nitrogens with one attached hydrogen (secondary N) is 1. The van der Waals surface area contributed by atoms with Crippen molar-refractivity contribution in [1.82, 2.24) is 24.7 Å². The van der Waals surface area contributed by atoms with Crippen LogP contribution in [0.2, 0.25) is 0 Å². The number of aromatic nitrogens is 5. The maximum atomic E-state index is 4.72. The molecule has 0 saturated carbocycles. The Hall–Kier alpha value is -2.80. The van der Waals surface area contributed by atoms with Crippen LogP contribution in [-0.2, 0) is 7.05 Å². The van der Waals surface area contributed by atoms with Gasteiger partial charge >= 0.3 is 0 Å². The largest absolute Gasteiger partial charge is 0.322 e. The van der Waals surface area contributed by atoms with E-state index in [4.69, 9.17) is 4.98 Å². The molecule has 0 bridgehead atoms. The van der Waals surface area contributed by atoms with E-state index in [1.165, 1.54) is 0 Å². The molecule has 0 aromatic carbocycles. The summed E-state index contributed by atoms with van der Waals surface area (Å²) in [5.41, 5.74) is 4.81. The average molecular weight is 350 g/mol. The van der Waals surface area contributed by atoms with Crippen LogP contribution in [0, 0.1) is 20.8 Å². The van der Waals surface area contributed by atoms with Gasteiger partial charge < -0.3 is 5.32 Å². The summed E-state index contributed by atoms with van der Waals surface area (Å²) in [5.74, 6) is 1.51. The molecule has 4 heterocycles. The van der Waals surface area contributed by atoms with Crippen LogP contribution in [0.5, 0.6) is 0 Å². The number of anilines is 2. The smallest absolute Gasteiger partial charge is 0.158 e. The van der Waals surface area contributed by atoms with E-state index in [0.717, 1.165) is 44.4 Å². The van der Waals surface area contributed by atoms with Crippen molar-refractivity contribution in [2.45, 2.75) is 20.8 Å². The molecule has 0 aliphatic rings. The first-order chi connectivity index (χ1) is 12.0. The topological polar surface area (TPSA) is 68.5 Å². The van der Waals surface area contributed by atoms with Crippen LogP contribution in [0.15, 0.2) is 29.8 Å². The normalized spacial score (nSPS) is 11.2. The second-order valence-corrected chi connectivity index (χ2v) is 7.10. The predicted octanol–water partition coefficient (Wildman–Crippen LogP) is 4.16. The van der Waals surface area contributed by atoms with Gasteiger partial charge in [-0.3, -0.25) is 4.68 Å². The van der Waals surface area contributed by atoms with Crippen molar-refractivity contribution < 1.29 is 0 Å². The van der Waals surface area contributed by atoms with E-state index < -0.39 is 0 Å². The zero-order chi connectivity index (χ0) is 17.6. The van der Waals surface area contributed by atoms with Gasteiger partial charge in [0.25, 0.3) is 0 Å². The van der Waals surface area contributed by atoms with E-state index in [1.807, 2.05) is 50.1 Å². The number of pyridine rings is 2. The van der Waals surface area contributed by atoms with Gasteiger partial charge in [-0.25, -0.2) is 15.0 Å². The molecule has 0 radical (unpaired) electrons. The quantitative estimate of drug-likeness (QED) is 0.601. The lowest BCUT2D eigenvalue weighted by atomic mass is 10.1. The van der Waals surface area contributed by atoms with Crippen LogP contribution in [-0.4, -0.2) is 24.7 Å². The molecular weight excluding hydrogens is 332 g/mol. The average Bonchev–Trinajstić information content (AvgIpc) is 3.12. The molecule has 0 saturated heterocycles. The van der Waals surface area contributed by atoms with Crippen molar-refractivity contribution in [1.29, 1.82) is 0 Å². The zero-order valence-electron chi connectivity index (χ0n) is 14.5. The molecule has 0 unspecified atom stereocenters. The highest BCUT2D eigenvalue weighted by Crippen LogP contribution is 2.32. The minimum absolute atomic E-state index is 0.714. The molecule has 25 heavy (non-hydrogen) atoms. The van der Waals surface area contributed by atoms with E-state index in [9.17, 15) is 0 Å². The van der Waals surface area contributed by atoms with Gasteiger partial charge in [-0.15, -0.1) is 11.3 Å². The Balaban J connectivity index is 1.90. The van der Waals surface area contributed by atoms with Gasteiger partial charge in [0.05, 0.1) is 16.4 Å². The Bertz CT molecular complexity index is 1080. The number of rotatable bonds is 3. The van der Waals surface area contributed by atoms with Gasteiger partial charge in [0.1, 0.15) is 11.3 Å². The standard InChI is InChI=1S/C18H18N6S/c1-10-5-6-13-14(15-7-11(2)23-24(15)4)8-19-18(17(13)20-10)22-16-9-25-12(3)21-16/h5-9H,1-4H3,(H,19,22). The molecule has 0 aliphatic heterocycles. The summed E-state index contributed by atoms with van der Waals surface area (Å²) in [4.78, 5) is 13.8. The molecule has 4 rings (SSSR count). The first-order valence-corrected chi connectivity index (χ1v) is 8.86. The van der Waals surface area contributed by atoms with Crippen molar-refractivity contribution in [3.63, 3.8) is 0 Å². The Morgan fingerprint density at radius 3 is 2.60 bits per heavy atom. The molecule has 0 aliphatic carbocycles. The predicted molar refractivity (Wildman–Crippen MR) is 101 cm³/mol. The Morgan fingerprint density at radius 1 is 1.08 bits per heavy atom. The van der Waals surface area contributed by atoms with E-state index in [-0.39, 0.29) is 0 Å². The first-order valence-electron chi connectivity index (χ1n) is 7.98. The third kappa shape index (κ3) is 2.87. The SMILES string of the molecule is Cc1ccc2c(-c3cc(C)nn3C)cnc(Nc3csc(C)n3)c2n1. The molecule has 0 fully saturated rings. The van der Waals surface area contributed by atoms with Crippen LogP contribution in [0.3, 0.4) is 0 Å². The lowest BCUT2D eigenvalue weighted by Gasteiger charge is -2.11. The number of fused-ring (bicyclic) bond motifs is 1. The second kappa shape index (κ2) is 5.93. The van der Waals surface area contributed by atoms with Crippen molar-refractivity contribution in [3.05, 3.63) is 46.2 Å². The molecule has 0 amide bonds. The molecule has 7 heteroatoms. The highest BCUT2D eigenvalue weighted by atomic mass is 32.1. The lowest BCUT2D eigenvalue weighted by molar-refractivity contribution is 0.764. The van der Waals surface area contributed by atoms with Gasteiger partial charge in [0.15, 0.2) is 5.82 Å². The minimum atomic E-state index is 0.714. The molecule has 0 atom stereocenters. The molecule has 1 N–H and O–H groups in total. The van der Waals surface area contributed by atoms with Gasteiger partial charge in [-0.2, -0.15) is 5.10 Å². The summed E-state index contributed by atoms with van der Waals surface area (Å²) in [7, 11) is 1.94. The van der Waals surface area contributed by atoms with Crippen molar-refractivity contribution in [3.8, 4) is 11.3 Å². The summed E-state index contributed by atoms with van der Waals surface area (Å²) in [6.45, 7) is 5.96. The molecule has 0 spiro atoms. The fourth-order valence-electron chi connectivity index (χ4n) is 2.91. The van der Waals surface area contributed by atoms with Gasteiger partial charge in [-0.1, -0.05) is 6.07 Å². The molecular formula is C18H18N6S. The Labute approximate surface area is 149 Å². The third-order valence-corrected chi connectivity index (χ3v) is 4.79.